The summed E-state index contributed by atoms with van der Waals surface area (Å²) in [6, 6.07) is 0. The third kappa shape index (κ3) is 3.50. The van der Waals surface area contributed by atoms with Gasteiger partial charge in [0.05, 0.1) is 6.61 Å². The highest BCUT2D eigenvalue weighted by Gasteiger charge is 2.48. The minimum atomic E-state index is -1.76. The Morgan fingerprint density at radius 2 is 2.19 bits per heavy atom. The van der Waals surface area contributed by atoms with Gasteiger partial charge < -0.3 is 19.3 Å². The molecule has 8 heteroatoms. The molecule has 1 aliphatic heterocycles. The number of carbonyl (C=O) groups is 2. The number of carboxylic acid groups (broad SMARTS) is 1. The van der Waals surface area contributed by atoms with Gasteiger partial charge in [-0.2, -0.15) is 4.89 Å². The minimum absolute atomic E-state index is 0.0844. The molecule has 1 saturated heterocycles. The Hall–Kier alpha value is -1.64. The summed E-state index contributed by atoms with van der Waals surface area (Å²) in [4.78, 5) is 29.6. The van der Waals surface area contributed by atoms with Crippen LogP contribution in [0.1, 0.15) is 0 Å². The summed E-state index contributed by atoms with van der Waals surface area (Å²) in [5.74, 6) is -2.37. The van der Waals surface area contributed by atoms with E-state index in [1.165, 1.54) is 0 Å². The molecule has 0 spiro atoms. The Bertz CT molecular complexity index is 282. The summed E-state index contributed by atoms with van der Waals surface area (Å²) in [6.45, 7) is 2.82. The van der Waals surface area contributed by atoms with Crippen LogP contribution in [-0.4, -0.2) is 43.0 Å². The first-order valence-corrected chi connectivity index (χ1v) is 4.24. The molecule has 0 aromatic rings. The average Bonchev–Trinajstić information content (AvgIpc) is 2.19. The van der Waals surface area contributed by atoms with Crippen molar-refractivity contribution in [2.75, 3.05) is 19.8 Å². The second-order valence-electron chi connectivity index (χ2n) is 2.62. The van der Waals surface area contributed by atoms with Gasteiger partial charge in [-0.1, -0.05) is 6.58 Å². The lowest BCUT2D eigenvalue weighted by Crippen LogP contribution is -2.53. The maximum Gasteiger partial charge on any atom is 0.510 e. The first kappa shape index (κ1) is 12.4. The molecule has 0 aliphatic carbocycles. The third-order valence-electron chi connectivity index (χ3n) is 1.48. The first-order valence-electron chi connectivity index (χ1n) is 4.24. The van der Waals surface area contributed by atoms with Gasteiger partial charge in [-0.25, -0.2) is 14.5 Å². The highest BCUT2D eigenvalue weighted by molar-refractivity contribution is 5.81. The van der Waals surface area contributed by atoms with Crippen LogP contribution in [0.4, 0.5) is 4.79 Å². The van der Waals surface area contributed by atoms with Gasteiger partial charge in [0.15, 0.2) is 6.61 Å². The van der Waals surface area contributed by atoms with E-state index in [-0.39, 0.29) is 19.8 Å². The Balaban J connectivity index is 2.21. The molecule has 1 rings (SSSR count). The molecule has 0 radical (unpaired) electrons. The van der Waals surface area contributed by atoms with E-state index >= 15 is 0 Å². The molecule has 0 aromatic carbocycles. The summed E-state index contributed by atoms with van der Waals surface area (Å²) >= 11 is 0. The Morgan fingerprint density at radius 1 is 1.50 bits per heavy atom. The van der Waals surface area contributed by atoms with E-state index in [9.17, 15) is 9.59 Å². The van der Waals surface area contributed by atoms with E-state index in [0.29, 0.717) is 0 Å². The van der Waals surface area contributed by atoms with Gasteiger partial charge in [0.25, 0.3) is 0 Å². The van der Waals surface area contributed by atoms with E-state index in [1.807, 2.05) is 0 Å². The van der Waals surface area contributed by atoms with Crippen molar-refractivity contribution in [3.63, 3.8) is 0 Å². The van der Waals surface area contributed by atoms with Crippen LogP contribution < -0.4 is 0 Å². The zero-order chi connectivity index (χ0) is 12.0. The van der Waals surface area contributed by atoms with Gasteiger partial charge >= 0.3 is 18.1 Å². The topological polar surface area (TPSA) is 101 Å². The van der Waals surface area contributed by atoms with E-state index in [4.69, 9.17) is 9.84 Å². The predicted octanol–water partition coefficient (Wildman–Crippen LogP) is 0.0424. The van der Waals surface area contributed by atoms with E-state index in [2.05, 4.69) is 25.8 Å². The largest absolute Gasteiger partial charge is 0.510 e. The van der Waals surface area contributed by atoms with E-state index in [1.54, 1.807) is 0 Å². The quantitative estimate of drug-likeness (QED) is 0.226. The fourth-order valence-electron chi connectivity index (χ4n) is 0.828. The second kappa shape index (κ2) is 5.45. The molecule has 1 fully saturated rings. The van der Waals surface area contributed by atoms with Crippen molar-refractivity contribution in [1.82, 2.24) is 0 Å². The van der Waals surface area contributed by atoms with Gasteiger partial charge in [-0.15, -0.1) is 0 Å². The Kier molecular flexibility index (Phi) is 4.23. The molecule has 0 bridgehead atoms. The smallest absolute Gasteiger partial charge is 0.460 e. The van der Waals surface area contributed by atoms with Crippen molar-refractivity contribution in [2.45, 2.75) is 5.97 Å². The third-order valence-corrected chi connectivity index (χ3v) is 1.48. The van der Waals surface area contributed by atoms with Gasteiger partial charge in [-0.3, -0.25) is 0 Å². The second-order valence-corrected chi connectivity index (χ2v) is 2.62. The van der Waals surface area contributed by atoms with Gasteiger partial charge in [0.1, 0.15) is 6.61 Å². The molecule has 0 aromatic heterocycles. The van der Waals surface area contributed by atoms with Crippen LogP contribution in [0, 0.1) is 0 Å². The number of hydrogen-bond donors (Lipinski definition) is 1. The van der Waals surface area contributed by atoms with Crippen LogP contribution in [0.15, 0.2) is 12.7 Å². The zero-order valence-electron chi connectivity index (χ0n) is 8.21. The maximum absolute atomic E-state index is 10.6. The Morgan fingerprint density at radius 3 is 2.62 bits per heavy atom. The molecule has 1 heterocycles. The molecule has 8 nitrogen and oxygen atoms in total. The molecule has 16 heavy (non-hydrogen) atoms. The van der Waals surface area contributed by atoms with Crippen LogP contribution in [0.3, 0.4) is 0 Å². The molecule has 1 atom stereocenters. The normalized spacial score (nSPS) is 23.0. The molecular weight excluding hydrogens is 224 g/mol. The standard InChI is InChI=1S/C8H10O8/c1-2-6(9)12-3-4-13-8(5-14-16-8)15-7(10)11/h2H,1,3-5H2,(H,10,11). The van der Waals surface area contributed by atoms with E-state index in [0.717, 1.165) is 6.08 Å². The van der Waals surface area contributed by atoms with Crippen LogP contribution >= 0.6 is 0 Å². The summed E-state index contributed by atoms with van der Waals surface area (Å²) in [7, 11) is 0. The monoisotopic (exact) mass is 234 g/mol. The predicted molar refractivity (Wildman–Crippen MR) is 46.0 cm³/mol. The summed E-state index contributed by atoms with van der Waals surface area (Å²) in [5.41, 5.74) is 0. The lowest BCUT2D eigenvalue weighted by molar-refractivity contribution is -0.597. The lowest BCUT2D eigenvalue weighted by atomic mass is 10.5. The molecule has 1 aliphatic rings. The lowest BCUT2D eigenvalue weighted by Gasteiger charge is -2.35. The highest BCUT2D eigenvalue weighted by atomic mass is 17.3. The molecule has 1 N–H and O–H groups in total. The molecule has 90 valence electrons. The average molecular weight is 234 g/mol. The number of hydrogen-bond acceptors (Lipinski definition) is 7. The number of carbonyl (C=O) groups excluding carboxylic acids is 1. The van der Waals surface area contributed by atoms with Crippen molar-refractivity contribution < 1.29 is 38.7 Å². The Labute approximate surface area is 90.2 Å². The number of ether oxygens (including phenoxy) is 3. The van der Waals surface area contributed by atoms with Crippen molar-refractivity contribution in [2.24, 2.45) is 0 Å². The SMILES string of the molecule is C=CC(=O)OCCOC1(OC(=O)O)COO1. The zero-order valence-corrected chi connectivity index (χ0v) is 8.21. The fourth-order valence-corrected chi connectivity index (χ4v) is 0.828. The molecule has 0 amide bonds. The molecule has 0 saturated carbocycles. The molecular formula is C8H10O8. The highest BCUT2D eigenvalue weighted by Crippen LogP contribution is 2.25. The maximum atomic E-state index is 10.6. The van der Waals surface area contributed by atoms with Crippen molar-refractivity contribution in [3.8, 4) is 0 Å². The van der Waals surface area contributed by atoms with Crippen LogP contribution in [-0.2, 0) is 28.8 Å². The van der Waals surface area contributed by atoms with Gasteiger partial charge in [0.2, 0.25) is 0 Å². The van der Waals surface area contributed by atoms with Gasteiger partial charge in [-0.05, 0) is 0 Å². The van der Waals surface area contributed by atoms with Crippen molar-refractivity contribution in [3.05, 3.63) is 12.7 Å². The summed E-state index contributed by atoms with van der Waals surface area (Å²) in [5, 5.41) is 8.36. The first-order chi connectivity index (χ1) is 7.58. The number of rotatable bonds is 6. The van der Waals surface area contributed by atoms with Crippen molar-refractivity contribution >= 4 is 12.1 Å². The minimum Gasteiger partial charge on any atom is -0.460 e. The van der Waals surface area contributed by atoms with Crippen LogP contribution in [0.25, 0.3) is 0 Å². The van der Waals surface area contributed by atoms with Crippen molar-refractivity contribution in [1.29, 1.82) is 0 Å². The van der Waals surface area contributed by atoms with E-state index < -0.39 is 18.1 Å². The number of esters is 1. The summed E-state index contributed by atoms with van der Waals surface area (Å²) < 4.78 is 13.8. The van der Waals surface area contributed by atoms with Crippen LogP contribution in [0.2, 0.25) is 0 Å². The van der Waals surface area contributed by atoms with Gasteiger partial charge in [0, 0.05) is 6.08 Å². The van der Waals surface area contributed by atoms with Crippen LogP contribution in [0.5, 0.6) is 0 Å². The fraction of sp³-hybridized carbons (Fsp3) is 0.500. The summed E-state index contributed by atoms with van der Waals surface area (Å²) in [6.07, 6.45) is -0.571. The molecule has 1 unspecified atom stereocenters.